The molecule has 1 aliphatic rings. The summed E-state index contributed by atoms with van der Waals surface area (Å²) in [4.78, 5) is 18.6. The molecule has 2 heterocycles. The number of carbonyl (C=O) groups is 1. The fourth-order valence-electron chi connectivity index (χ4n) is 2.92. The number of hydrogen-bond donors (Lipinski definition) is 1. The SMILES string of the molecule is O=C1c2ccccc2N[C@@H](c2cccnc2)N1c1ccccc1F. The number of benzene rings is 2. The summed E-state index contributed by atoms with van der Waals surface area (Å²) in [5, 5.41) is 3.32. The average Bonchev–Trinajstić information content (AvgIpc) is 2.63. The third kappa shape index (κ3) is 2.31. The molecule has 0 unspecified atom stereocenters. The molecule has 118 valence electrons. The van der Waals surface area contributed by atoms with Crippen LogP contribution in [0.15, 0.2) is 73.1 Å². The topological polar surface area (TPSA) is 45.2 Å². The van der Waals surface area contributed by atoms with Crippen LogP contribution in [0.4, 0.5) is 15.8 Å². The molecule has 0 aliphatic carbocycles. The fraction of sp³-hybridized carbons (Fsp3) is 0.0526. The summed E-state index contributed by atoms with van der Waals surface area (Å²) in [5.41, 5.74) is 2.26. The van der Waals surface area contributed by atoms with Gasteiger partial charge in [0.15, 0.2) is 0 Å². The number of rotatable bonds is 2. The number of anilines is 2. The maximum atomic E-state index is 14.4. The van der Waals surface area contributed by atoms with Gasteiger partial charge in [-0.05, 0) is 30.3 Å². The number of halogens is 1. The van der Waals surface area contributed by atoms with Crippen LogP contribution >= 0.6 is 0 Å². The summed E-state index contributed by atoms with van der Waals surface area (Å²) in [7, 11) is 0. The molecule has 0 saturated heterocycles. The van der Waals surface area contributed by atoms with Gasteiger partial charge in [0.2, 0.25) is 0 Å². The van der Waals surface area contributed by atoms with Gasteiger partial charge in [-0.3, -0.25) is 14.7 Å². The smallest absolute Gasteiger partial charge is 0.262 e. The van der Waals surface area contributed by atoms with Crippen molar-refractivity contribution in [3.63, 3.8) is 0 Å². The highest BCUT2D eigenvalue weighted by molar-refractivity contribution is 6.12. The number of nitrogens with zero attached hydrogens (tertiary/aromatic N) is 2. The predicted octanol–water partition coefficient (Wildman–Crippen LogP) is 3.99. The molecule has 1 N–H and O–H groups in total. The first-order valence-electron chi connectivity index (χ1n) is 7.59. The molecule has 1 aromatic heterocycles. The molecule has 2 aromatic carbocycles. The zero-order valence-corrected chi connectivity index (χ0v) is 12.7. The van der Waals surface area contributed by atoms with Crippen LogP contribution in [0, 0.1) is 5.82 Å². The molecule has 5 heteroatoms. The van der Waals surface area contributed by atoms with Gasteiger partial charge in [0.1, 0.15) is 12.0 Å². The van der Waals surface area contributed by atoms with Crippen LogP contribution in [-0.4, -0.2) is 10.9 Å². The first kappa shape index (κ1) is 14.4. The molecule has 0 spiro atoms. The molecular formula is C19H14FN3O. The molecular weight excluding hydrogens is 305 g/mol. The van der Waals surface area contributed by atoms with E-state index >= 15 is 0 Å². The summed E-state index contributed by atoms with van der Waals surface area (Å²) < 4.78 is 14.4. The van der Waals surface area contributed by atoms with Crippen molar-refractivity contribution in [1.82, 2.24) is 4.98 Å². The van der Waals surface area contributed by atoms with Crippen molar-refractivity contribution in [2.45, 2.75) is 6.17 Å². The second kappa shape index (κ2) is 5.77. The number of aromatic nitrogens is 1. The lowest BCUT2D eigenvalue weighted by Gasteiger charge is -2.38. The molecule has 0 radical (unpaired) electrons. The van der Waals surface area contributed by atoms with Crippen LogP contribution in [0.5, 0.6) is 0 Å². The number of amides is 1. The Balaban J connectivity index is 1.90. The van der Waals surface area contributed by atoms with Gasteiger partial charge >= 0.3 is 0 Å². The normalized spacial score (nSPS) is 16.5. The van der Waals surface area contributed by atoms with Gasteiger partial charge in [0.25, 0.3) is 5.91 Å². The van der Waals surface area contributed by atoms with E-state index in [0.29, 0.717) is 5.56 Å². The van der Waals surface area contributed by atoms with Crippen LogP contribution in [0.25, 0.3) is 0 Å². The van der Waals surface area contributed by atoms with Gasteiger partial charge in [0.05, 0.1) is 11.3 Å². The van der Waals surface area contributed by atoms with E-state index in [-0.39, 0.29) is 11.6 Å². The Labute approximate surface area is 138 Å². The molecule has 3 aromatic rings. The minimum absolute atomic E-state index is 0.235. The van der Waals surface area contributed by atoms with Crippen molar-refractivity contribution >= 4 is 17.3 Å². The molecule has 4 rings (SSSR count). The van der Waals surface area contributed by atoms with Crippen molar-refractivity contribution in [2.24, 2.45) is 0 Å². The third-order valence-electron chi connectivity index (χ3n) is 4.04. The zero-order chi connectivity index (χ0) is 16.5. The molecule has 4 nitrogen and oxygen atoms in total. The van der Waals surface area contributed by atoms with Gasteiger partial charge < -0.3 is 5.32 Å². The monoisotopic (exact) mass is 319 g/mol. The Bertz CT molecular complexity index is 898. The Kier molecular flexibility index (Phi) is 3.46. The number of pyridine rings is 1. The lowest BCUT2D eigenvalue weighted by atomic mass is 10.0. The molecule has 1 amide bonds. The van der Waals surface area contributed by atoms with Crippen LogP contribution in [0.1, 0.15) is 22.1 Å². The summed E-state index contributed by atoms with van der Waals surface area (Å²) in [6.07, 6.45) is 2.81. The molecule has 1 atom stereocenters. The van der Waals surface area contributed by atoms with E-state index in [1.54, 1.807) is 48.8 Å². The maximum absolute atomic E-state index is 14.4. The van der Waals surface area contributed by atoms with Crippen LogP contribution in [0.3, 0.4) is 0 Å². The van der Waals surface area contributed by atoms with Gasteiger partial charge in [-0.15, -0.1) is 0 Å². The second-order valence-corrected chi connectivity index (χ2v) is 5.51. The minimum atomic E-state index is -0.530. The van der Waals surface area contributed by atoms with Crippen molar-refractivity contribution in [3.8, 4) is 0 Å². The van der Waals surface area contributed by atoms with E-state index in [2.05, 4.69) is 10.3 Å². The van der Waals surface area contributed by atoms with Crippen molar-refractivity contribution < 1.29 is 9.18 Å². The largest absolute Gasteiger partial charge is 0.360 e. The Hall–Kier alpha value is -3.21. The van der Waals surface area contributed by atoms with Crippen molar-refractivity contribution in [3.05, 3.63) is 90.0 Å². The predicted molar refractivity (Wildman–Crippen MR) is 90.3 cm³/mol. The molecule has 0 saturated carbocycles. The lowest BCUT2D eigenvalue weighted by Crippen LogP contribution is -2.43. The second-order valence-electron chi connectivity index (χ2n) is 5.51. The standard InChI is InChI=1S/C19H14FN3O/c20-15-8-2-4-10-17(15)23-18(13-6-5-11-21-12-13)22-16-9-3-1-7-14(16)19(23)24/h1-12,18,22H/t18-/m1/s1. The van der Waals surface area contributed by atoms with Crippen molar-refractivity contribution in [2.75, 3.05) is 10.2 Å². The van der Waals surface area contributed by atoms with Crippen LogP contribution < -0.4 is 10.2 Å². The van der Waals surface area contributed by atoms with Crippen LogP contribution in [-0.2, 0) is 0 Å². The van der Waals surface area contributed by atoms with Gasteiger partial charge in [0, 0.05) is 23.6 Å². The Morgan fingerprint density at radius 3 is 2.58 bits per heavy atom. The van der Waals surface area contributed by atoms with E-state index in [1.165, 1.54) is 11.0 Å². The number of carbonyl (C=O) groups excluding carboxylic acids is 1. The molecule has 24 heavy (non-hydrogen) atoms. The van der Waals surface area contributed by atoms with Crippen molar-refractivity contribution in [1.29, 1.82) is 0 Å². The van der Waals surface area contributed by atoms with E-state index in [4.69, 9.17) is 0 Å². The van der Waals surface area contributed by atoms with E-state index in [9.17, 15) is 9.18 Å². The number of hydrogen-bond acceptors (Lipinski definition) is 3. The fourth-order valence-corrected chi connectivity index (χ4v) is 2.92. The minimum Gasteiger partial charge on any atom is -0.360 e. The summed E-state index contributed by atoms with van der Waals surface area (Å²) in [6.45, 7) is 0. The first-order valence-corrected chi connectivity index (χ1v) is 7.59. The van der Waals surface area contributed by atoms with Gasteiger partial charge in [-0.25, -0.2) is 4.39 Å². The highest BCUT2D eigenvalue weighted by atomic mass is 19.1. The highest BCUT2D eigenvalue weighted by Gasteiger charge is 2.35. The maximum Gasteiger partial charge on any atom is 0.262 e. The van der Waals surface area contributed by atoms with Crippen LogP contribution in [0.2, 0.25) is 0 Å². The van der Waals surface area contributed by atoms with E-state index in [0.717, 1.165) is 11.3 Å². The number of fused-ring (bicyclic) bond motifs is 1. The molecule has 0 bridgehead atoms. The Morgan fingerprint density at radius 1 is 1.00 bits per heavy atom. The molecule has 0 fully saturated rings. The zero-order valence-electron chi connectivity index (χ0n) is 12.7. The third-order valence-corrected chi connectivity index (χ3v) is 4.04. The van der Waals surface area contributed by atoms with Gasteiger partial charge in [-0.1, -0.05) is 30.3 Å². The van der Waals surface area contributed by atoms with Gasteiger partial charge in [-0.2, -0.15) is 0 Å². The summed E-state index contributed by atoms with van der Waals surface area (Å²) >= 11 is 0. The quantitative estimate of drug-likeness (QED) is 0.777. The van der Waals surface area contributed by atoms with E-state index in [1.807, 2.05) is 18.2 Å². The molecule has 1 aliphatic heterocycles. The highest BCUT2D eigenvalue weighted by Crippen LogP contribution is 2.37. The summed E-state index contributed by atoms with van der Waals surface area (Å²) in [6, 6.07) is 17.2. The lowest BCUT2D eigenvalue weighted by molar-refractivity contribution is 0.0974. The Morgan fingerprint density at radius 2 is 1.79 bits per heavy atom. The number of para-hydroxylation sites is 2. The van der Waals surface area contributed by atoms with E-state index < -0.39 is 12.0 Å². The average molecular weight is 319 g/mol. The first-order chi connectivity index (χ1) is 11.8. The number of nitrogens with one attached hydrogen (secondary N) is 1. The summed E-state index contributed by atoms with van der Waals surface area (Å²) in [5.74, 6) is -0.691.